The summed E-state index contributed by atoms with van der Waals surface area (Å²) in [4.78, 5) is 0. The third-order valence-corrected chi connectivity index (χ3v) is 0.460. The second-order valence-electron chi connectivity index (χ2n) is 0.989. The van der Waals surface area contributed by atoms with Crippen molar-refractivity contribution >= 4 is 0 Å². The number of hydrogen-bond donors (Lipinski definition) is 2. The van der Waals surface area contributed by atoms with Crippen LogP contribution in [0.2, 0.25) is 0 Å². The fraction of sp³-hybridized carbons (Fsp3) is 0.200. The van der Waals surface area contributed by atoms with Gasteiger partial charge in [-0.05, 0) is 18.4 Å². The Labute approximate surface area is 43.2 Å². The third kappa shape index (κ3) is 5.08. The van der Waals surface area contributed by atoms with Crippen LogP contribution in [-0.4, -0.2) is 12.2 Å². The molecule has 0 aliphatic rings. The van der Waals surface area contributed by atoms with Crippen molar-refractivity contribution < 1.29 is 5.11 Å². The summed E-state index contributed by atoms with van der Waals surface area (Å²) < 4.78 is 0. The molecule has 0 heterocycles. The van der Waals surface area contributed by atoms with Gasteiger partial charge in [-0.3, -0.25) is 0 Å². The number of hydrogen-bond acceptors (Lipinski definition) is 2. The van der Waals surface area contributed by atoms with Gasteiger partial charge in [-0.25, -0.2) is 0 Å². The van der Waals surface area contributed by atoms with Crippen molar-refractivity contribution in [2.75, 3.05) is 7.05 Å². The number of nitrogens with one attached hydrogen (secondary N) is 1. The molecule has 0 amide bonds. The minimum absolute atomic E-state index is 0.980. The molecule has 0 aromatic rings. The van der Waals surface area contributed by atoms with Crippen LogP contribution in [0.25, 0.3) is 0 Å². The van der Waals surface area contributed by atoms with E-state index in [0.29, 0.717) is 0 Å². The van der Waals surface area contributed by atoms with Crippen LogP contribution in [0.3, 0.4) is 0 Å². The molecular weight excluding hydrogens is 90.1 g/mol. The van der Waals surface area contributed by atoms with Crippen LogP contribution in [0.1, 0.15) is 0 Å². The monoisotopic (exact) mass is 99.1 g/mol. The van der Waals surface area contributed by atoms with Gasteiger partial charge in [0.05, 0.1) is 6.26 Å². The molecule has 0 aliphatic heterocycles. The standard InChI is InChI=1S/C5H9NO/c1-6-4-2-3-5-7/h2-7H,1H3/b4-2+,5-3-. The van der Waals surface area contributed by atoms with Gasteiger partial charge in [-0.1, -0.05) is 0 Å². The van der Waals surface area contributed by atoms with Crippen molar-refractivity contribution in [3.8, 4) is 0 Å². The summed E-state index contributed by atoms with van der Waals surface area (Å²) in [6, 6.07) is 0. The molecule has 0 saturated carbocycles. The first-order valence-corrected chi connectivity index (χ1v) is 2.05. The molecule has 0 fully saturated rings. The highest BCUT2D eigenvalue weighted by Gasteiger charge is 1.55. The lowest BCUT2D eigenvalue weighted by Crippen LogP contribution is -1.89. The number of rotatable bonds is 2. The summed E-state index contributed by atoms with van der Waals surface area (Å²) in [6.07, 6.45) is 5.91. The van der Waals surface area contributed by atoms with E-state index >= 15 is 0 Å². The van der Waals surface area contributed by atoms with Crippen molar-refractivity contribution in [2.24, 2.45) is 0 Å². The Kier molecular flexibility index (Phi) is 4.41. The zero-order valence-electron chi connectivity index (χ0n) is 4.26. The largest absolute Gasteiger partial charge is 0.516 e. The molecule has 7 heavy (non-hydrogen) atoms. The van der Waals surface area contributed by atoms with E-state index in [9.17, 15) is 0 Å². The van der Waals surface area contributed by atoms with E-state index in [1.807, 2.05) is 0 Å². The first-order valence-electron chi connectivity index (χ1n) is 2.05. The smallest absolute Gasteiger partial charge is 0.0792 e. The van der Waals surface area contributed by atoms with Gasteiger partial charge in [-0.2, -0.15) is 0 Å². The predicted octanol–water partition coefficient (Wildman–Crippen LogP) is 0.791. The van der Waals surface area contributed by atoms with Crippen molar-refractivity contribution in [1.29, 1.82) is 0 Å². The van der Waals surface area contributed by atoms with Crippen molar-refractivity contribution in [3.63, 3.8) is 0 Å². The second-order valence-corrected chi connectivity index (χ2v) is 0.989. The zero-order chi connectivity index (χ0) is 5.54. The van der Waals surface area contributed by atoms with Gasteiger partial charge in [-0.15, -0.1) is 0 Å². The molecule has 40 valence electrons. The molecule has 2 nitrogen and oxygen atoms in total. The zero-order valence-corrected chi connectivity index (χ0v) is 4.26. The fourth-order valence-electron chi connectivity index (χ4n) is 0.201. The molecule has 2 N–H and O–H groups in total. The molecule has 0 aliphatic carbocycles. The van der Waals surface area contributed by atoms with E-state index in [4.69, 9.17) is 5.11 Å². The van der Waals surface area contributed by atoms with Gasteiger partial charge in [0.15, 0.2) is 0 Å². The molecule has 0 saturated heterocycles. The Morgan fingerprint density at radius 2 is 2.14 bits per heavy atom. The maximum Gasteiger partial charge on any atom is 0.0792 e. The van der Waals surface area contributed by atoms with Crippen LogP contribution in [0, 0.1) is 0 Å². The van der Waals surface area contributed by atoms with Crippen LogP contribution in [0.5, 0.6) is 0 Å². The molecule has 0 rings (SSSR count). The topological polar surface area (TPSA) is 32.3 Å². The Morgan fingerprint density at radius 3 is 2.57 bits per heavy atom. The van der Waals surface area contributed by atoms with E-state index < -0.39 is 0 Å². The number of aliphatic hydroxyl groups is 1. The molecule has 0 bridgehead atoms. The first kappa shape index (κ1) is 6.08. The maximum atomic E-state index is 8.03. The lowest BCUT2D eigenvalue weighted by atomic mass is 10.6. The summed E-state index contributed by atoms with van der Waals surface area (Å²) in [5.74, 6) is 0. The number of aliphatic hydroxyl groups excluding tert-OH is 1. The van der Waals surface area contributed by atoms with Crippen LogP contribution in [-0.2, 0) is 0 Å². The highest BCUT2D eigenvalue weighted by Crippen LogP contribution is 1.67. The maximum absolute atomic E-state index is 8.03. The van der Waals surface area contributed by atoms with E-state index in [1.54, 1.807) is 19.3 Å². The Balaban J connectivity index is 3.09. The van der Waals surface area contributed by atoms with E-state index in [0.717, 1.165) is 6.26 Å². The summed E-state index contributed by atoms with van der Waals surface area (Å²) in [5.41, 5.74) is 0. The van der Waals surface area contributed by atoms with Crippen molar-refractivity contribution in [1.82, 2.24) is 5.32 Å². The highest BCUT2D eigenvalue weighted by atomic mass is 16.2. The molecule has 0 aromatic carbocycles. The van der Waals surface area contributed by atoms with E-state index in [1.165, 1.54) is 6.08 Å². The van der Waals surface area contributed by atoms with E-state index in [2.05, 4.69) is 5.32 Å². The molecule has 0 atom stereocenters. The minimum Gasteiger partial charge on any atom is -0.516 e. The predicted molar refractivity (Wildman–Crippen MR) is 30.0 cm³/mol. The quantitative estimate of drug-likeness (QED) is 0.396. The Hall–Kier alpha value is -0.920. The highest BCUT2D eigenvalue weighted by molar-refractivity contribution is 4.97. The summed E-state index contributed by atoms with van der Waals surface area (Å²) in [7, 11) is 1.79. The minimum atomic E-state index is 0.980. The Bertz CT molecular complexity index is 76.1. The van der Waals surface area contributed by atoms with Gasteiger partial charge in [0.2, 0.25) is 0 Å². The fourth-order valence-corrected chi connectivity index (χ4v) is 0.201. The summed E-state index contributed by atoms with van der Waals surface area (Å²) in [5, 5.41) is 10.8. The van der Waals surface area contributed by atoms with Gasteiger partial charge in [0.25, 0.3) is 0 Å². The first-order chi connectivity index (χ1) is 3.41. The molecule has 2 heteroatoms. The van der Waals surface area contributed by atoms with Gasteiger partial charge in [0.1, 0.15) is 0 Å². The lowest BCUT2D eigenvalue weighted by molar-refractivity contribution is 0.473. The summed E-state index contributed by atoms with van der Waals surface area (Å²) in [6.45, 7) is 0. The lowest BCUT2D eigenvalue weighted by Gasteiger charge is -1.77. The van der Waals surface area contributed by atoms with Gasteiger partial charge in [0, 0.05) is 7.05 Å². The van der Waals surface area contributed by atoms with Crippen LogP contribution >= 0.6 is 0 Å². The van der Waals surface area contributed by atoms with Crippen LogP contribution in [0.4, 0.5) is 0 Å². The van der Waals surface area contributed by atoms with Crippen molar-refractivity contribution in [3.05, 3.63) is 24.6 Å². The van der Waals surface area contributed by atoms with E-state index in [-0.39, 0.29) is 0 Å². The second kappa shape index (κ2) is 5.08. The normalized spacial score (nSPS) is 11.0. The third-order valence-electron chi connectivity index (χ3n) is 0.460. The Morgan fingerprint density at radius 1 is 1.43 bits per heavy atom. The van der Waals surface area contributed by atoms with Crippen LogP contribution in [0.15, 0.2) is 24.6 Å². The average molecular weight is 99.1 g/mol. The molecule has 0 radical (unpaired) electrons. The molecular formula is C5H9NO. The molecule has 0 aromatic heterocycles. The number of allylic oxidation sites excluding steroid dienone is 2. The molecule has 0 spiro atoms. The summed E-state index contributed by atoms with van der Waals surface area (Å²) >= 11 is 0. The van der Waals surface area contributed by atoms with Crippen LogP contribution < -0.4 is 5.32 Å². The van der Waals surface area contributed by atoms with Gasteiger partial charge < -0.3 is 10.4 Å². The molecule has 0 unspecified atom stereocenters. The van der Waals surface area contributed by atoms with Crippen molar-refractivity contribution in [2.45, 2.75) is 0 Å². The SMILES string of the molecule is CN/C=C/C=C\O. The van der Waals surface area contributed by atoms with Gasteiger partial charge >= 0.3 is 0 Å². The average Bonchev–Trinajstić information content (AvgIpc) is 1.69.